The van der Waals surface area contributed by atoms with Gasteiger partial charge in [-0.05, 0) is 79.8 Å². The number of hydrogen-bond acceptors (Lipinski definition) is 8. The van der Waals surface area contributed by atoms with E-state index in [1.807, 2.05) is 32.9 Å². The van der Waals surface area contributed by atoms with Crippen molar-refractivity contribution < 1.29 is 38.3 Å². The van der Waals surface area contributed by atoms with E-state index in [0.29, 0.717) is 30.6 Å². The Kier molecular flexibility index (Phi) is 16.4. The quantitative estimate of drug-likeness (QED) is 0.105. The molecule has 0 aromatic heterocycles. The van der Waals surface area contributed by atoms with Gasteiger partial charge in [0, 0.05) is 44.6 Å². The lowest BCUT2D eigenvalue weighted by Gasteiger charge is -2.27. The monoisotopic (exact) mass is 749 g/mol. The molecular weight excluding hydrogens is 694 g/mol. The Balaban J connectivity index is 1.56. The molecule has 0 bridgehead atoms. The van der Waals surface area contributed by atoms with E-state index in [1.165, 1.54) is 4.90 Å². The average Bonchev–Trinajstić information content (AvgIpc) is 3.47. The number of nitrogens with two attached hydrogens (primary N) is 1. The van der Waals surface area contributed by atoms with E-state index in [1.54, 1.807) is 62.2 Å². The molecule has 1 aliphatic rings. The summed E-state index contributed by atoms with van der Waals surface area (Å²) in [4.78, 5) is 90.3. The van der Waals surface area contributed by atoms with Gasteiger partial charge in [-0.15, -0.1) is 0 Å². The number of benzene rings is 2. The first-order valence-electron chi connectivity index (χ1n) is 18.4. The van der Waals surface area contributed by atoms with E-state index in [9.17, 15) is 33.6 Å². The highest BCUT2D eigenvalue weighted by Crippen LogP contribution is 2.23. The maximum atomic E-state index is 13.5. The number of carbonyl (C=O) groups is 7. The predicted molar refractivity (Wildman–Crippen MR) is 204 cm³/mol. The van der Waals surface area contributed by atoms with Crippen LogP contribution in [-0.4, -0.2) is 78.3 Å². The molecule has 54 heavy (non-hydrogen) atoms. The van der Waals surface area contributed by atoms with Crippen LogP contribution in [0.1, 0.15) is 84.3 Å². The van der Waals surface area contributed by atoms with Gasteiger partial charge in [0.05, 0.1) is 5.69 Å². The highest BCUT2D eigenvalue weighted by Gasteiger charge is 2.31. The first-order chi connectivity index (χ1) is 25.6. The highest BCUT2D eigenvalue weighted by molar-refractivity contribution is 6.19. The second kappa shape index (κ2) is 20.7. The van der Waals surface area contributed by atoms with Gasteiger partial charge in [0.1, 0.15) is 18.7 Å². The summed E-state index contributed by atoms with van der Waals surface area (Å²) in [6.07, 6.45) is 1.69. The molecule has 0 aliphatic carbocycles. The van der Waals surface area contributed by atoms with Gasteiger partial charge in [-0.25, -0.2) is 9.59 Å². The zero-order valence-corrected chi connectivity index (χ0v) is 32.1. The van der Waals surface area contributed by atoms with Crippen molar-refractivity contribution in [2.75, 3.05) is 23.8 Å². The zero-order valence-electron chi connectivity index (χ0n) is 32.1. The molecule has 1 heterocycles. The number of amides is 8. The number of ether oxygens (including phenoxy) is 1. The number of aryl methyl sites for hydroxylation is 1. The fourth-order valence-corrected chi connectivity index (χ4v) is 5.73. The van der Waals surface area contributed by atoms with Gasteiger partial charge in [0.2, 0.25) is 29.5 Å². The number of nitrogens with zero attached hydrogens (tertiary/aromatic N) is 2. The number of hydrogen-bond donors (Lipinski definition) is 5. The summed E-state index contributed by atoms with van der Waals surface area (Å²) in [7, 11) is 1.69. The molecule has 2 unspecified atom stereocenters. The van der Waals surface area contributed by atoms with Crippen molar-refractivity contribution in [2.45, 2.75) is 104 Å². The number of primary amides is 1. The van der Waals surface area contributed by atoms with Crippen molar-refractivity contribution in [3.63, 3.8) is 0 Å². The standard InChI is InChI=1S/C39H55N7O8/c1-24(2)26(5)45(6)39(53)54-23-28-12-16-29(17-13-28)42-36(50)31(10-8-22-41-38(40)52)43-37(51)35(25(3)4)44-32(47)11-7-9-27-14-18-30(19-15-27)46-33(48)20-21-34(46)49/h12-19,24-26,31,35H,7-11,20-23H2,1-6H3,(H,42,50)(H,43,51)(H,44,47)(H3,40,41,52)/t26?,31-,35?/m0/s1. The van der Waals surface area contributed by atoms with Crippen molar-refractivity contribution in [1.82, 2.24) is 20.9 Å². The second-order valence-electron chi connectivity index (χ2n) is 14.3. The minimum atomic E-state index is -1.00. The molecule has 6 N–H and O–H groups in total. The van der Waals surface area contributed by atoms with Gasteiger partial charge < -0.3 is 36.6 Å². The van der Waals surface area contributed by atoms with Gasteiger partial charge in [-0.3, -0.25) is 28.9 Å². The summed E-state index contributed by atoms with van der Waals surface area (Å²) >= 11 is 0. The highest BCUT2D eigenvalue weighted by atomic mass is 16.6. The van der Waals surface area contributed by atoms with E-state index in [4.69, 9.17) is 10.5 Å². The Hall–Kier alpha value is -5.47. The summed E-state index contributed by atoms with van der Waals surface area (Å²) in [6.45, 7) is 9.81. The lowest BCUT2D eigenvalue weighted by atomic mass is 10.0. The van der Waals surface area contributed by atoms with E-state index < -0.39 is 36.0 Å². The lowest BCUT2D eigenvalue weighted by Crippen LogP contribution is -2.54. The number of anilines is 2. The number of nitrogens with one attached hydrogen (secondary N) is 4. The van der Waals surface area contributed by atoms with E-state index in [2.05, 4.69) is 21.3 Å². The van der Waals surface area contributed by atoms with E-state index >= 15 is 0 Å². The Bertz CT molecular complexity index is 1610. The first kappa shape index (κ1) is 42.9. The summed E-state index contributed by atoms with van der Waals surface area (Å²) in [5, 5.41) is 10.9. The smallest absolute Gasteiger partial charge is 0.410 e. The predicted octanol–water partition coefficient (Wildman–Crippen LogP) is 3.99. The molecular formula is C39H55N7O8. The van der Waals surface area contributed by atoms with E-state index in [0.717, 1.165) is 11.1 Å². The molecule has 2 aromatic carbocycles. The van der Waals surface area contributed by atoms with Crippen LogP contribution in [0.25, 0.3) is 0 Å². The molecule has 15 nitrogen and oxygen atoms in total. The zero-order chi connectivity index (χ0) is 39.9. The Morgan fingerprint density at radius 1 is 0.815 bits per heavy atom. The van der Waals surface area contributed by atoms with E-state index in [-0.39, 0.29) is 74.4 Å². The summed E-state index contributed by atoms with van der Waals surface area (Å²) in [5.74, 6) is -1.82. The molecule has 2 aromatic rings. The molecule has 294 valence electrons. The van der Waals surface area contributed by atoms with Gasteiger partial charge in [-0.1, -0.05) is 52.0 Å². The Labute approximate surface area is 317 Å². The largest absolute Gasteiger partial charge is 0.445 e. The third-order valence-corrected chi connectivity index (χ3v) is 9.43. The summed E-state index contributed by atoms with van der Waals surface area (Å²) in [5.41, 5.74) is 7.81. The fourth-order valence-electron chi connectivity index (χ4n) is 5.73. The molecule has 3 atom stereocenters. The van der Waals surface area contributed by atoms with Crippen LogP contribution in [0.3, 0.4) is 0 Å². The maximum Gasteiger partial charge on any atom is 0.410 e. The molecule has 0 radical (unpaired) electrons. The van der Waals surface area contributed by atoms with Crippen molar-refractivity contribution in [3.8, 4) is 0 Å². The lowest BCUT2D eigenvalue weighted by molar-refractivity contribution is -0.132. The van der Waals surface area contributed by atoms with Crippen LogP contribution in [0.4, 0.5) is 21.0 Å². The molecule has 8 amide bonds. The van der Waals surface area contributed by atoms with Gasteiger partial charge in [0.15, 0.2) is 0 Å². The summed E-state index contributed by atoms with van der Waals surface area (Å²) in [6, 6.07) is 11.2. The van der Waals surface area contributed by atoms with Crippen molar-refractivity contribution >= 4 is 53.0 Å². The van der Waals surface area contributed by atoms with Crippen LogP contribution in [0.5, 0.6) is 0 Å². The molecule has 1 aliphatic heterocycles. The van der Waals surface area contributed by atoms with Crippen LogP contribution in [0.15, 0.2) is 48.5 Å². The molecule has 1 fully saturated rings. The maximum absolute atomic E-state index is 13.5. The van der Waals surface area contributed by atoms with Crippen molar-refractivity contribution in [2.24, 2.45) is 17.6 Å². The minimum Gasteiger partial charge on any atom is -0.445 e. The fraction of sp³-hybridized carbons (Fsp3) is 0.513. The van der Waals surface area contributed by atoms with Crippen LogP contribution < -0.4 is 31.9 Å². The summed E-state index contributed by atoms with van der Waals surface area (Å²) < 4.78 is 5.44. The third kappa shape index (κ3) is 13.2. The number of imide groups is 1. The van der Waals surface area contributed by atoms with Crippen molar-refractivity contribution in [3.05, 3.63) is 59.7 Å². The Morgan fingerprint density at radius 2 is 1.43 bits per heavy atom. The van der Waals surface area contributed by atoms with Crippen LogP contribution >= 0.6 is 0 Å². The van der Waals surface area contributed by atoms with Crippen molar-refractivity contribution in [1.29, 1.82) is 0 Å². The Morgan fingerprint density at radius 3 is 2.00 bits per heavy atom. The third-order valence-electron chi connectivity index (χ3n) is 9.43. The molecule has 1 saturated heterocycles. The average molecular weight is 750 g/mol. The van der Waals surface area contributed by atoms with Gasteiger partial charge in [0.25, 0.3) is 0 Å². The molecule has 15 heteroatoms. The molecule has 3 rings (SSSR count). The SMILES string of the molecule is CC(C)C(NC(=O)CCCc1ccc(N2C(=O)CCC2=O)cc1)C(=O)N[C@@H](CCCNC(N)=O)C(=O)Nc1ccc(COC(=O)N(C)C(C)C(C)C)cc1. The van der Waals surface area contributed by atoms with Gasteiger partial charge >= 0.3 is 12.1 Å². The molecule has 0 spiro atoms. The van der Waals surface area contributed by atoms with Crippen LogP contribution in [-0.2, 0) is 41.7 Å². The number of carbonyl (C=O) groups excluding carboxylic acids is 7. The topological polar surface area (TPSA) is 209 Å². The molecule has 0 saturated carbocycles. The number of urea groups is 1. The normalized spacial score (nSPS) is 14.3. The van der Waals surface area contributed by atoms with Crippen LogP contribution in [0.2, 0.25) is 0 Å². The first-order valence-corrected chi connectivity index (χ1v) is 18.4. The number of rotatable bonds is 19. The van der Waals surface area contributed by atoms with Gasteiger partial charge in [-0.2, -0.15) is 0 Å². The van der Waals surface area contributed by atoms with Crippen LogP contribution in [0, 0.1) is 11.8 Å². The minimum absolute atomic E-state index is 0.00763. The second-order valence-corrected chi connectivity index (χ2v) is 14.3.